The second-order valence-corrected chi connectivity index (χ2v) is 7.60. The number of halogens is 3. The van der Waals surface area contributed by atoms with E-state index in [0.29, 0.717) is 31.4 Å². The Morgan fingerprint density at radius 3 is 2.19 bits per heavy atom. The molecule has 0 aliphatic carbocycles. The van der Waals surface area contributed by atoms with E-state index in [1.165, 1.54) is 6.07 Å². The smallest absolute Gasteiger partial charge is 0.437 e. The van der Waals surface area contributed by atoms with Gasteiger partial charge in [0.2, 0.25) is 5.91 Å². The van der Waals surface area contributed by atoms with Gasteiger partial charge in [0.1, 0.15) is 5.75 Å². The van der Waals surface area contributed by atoms with Crippen LogP contribution >= 0.6 is 0 Å². The zero-order chi connectivity index (χ0) is 22.7. The fraction of sp³-hybridized carbons (Fsp3) is 0.348. The maximum atomic E-state index is 13.6. The minimum atomic E-state index is -4.61. The van der Waals surface area contributed by atoms with E-state index in [1.807, 2.05) is 24.3 Å². The number of alkyl halides is 3. The third-order valence-corrected chi connectivity index (χ3v) is 5.54. The monoisotopic (exact) mass is 444 g/mol. The molecule has 2 aromatic carbocycles. The highest BCUT2D eigenvalue weighted by atomic mass is 19.4. The first-order valence-corrected chi connectivity index (χ1v) is 10.3. The Bertz CT molecular complexity index is 1090. The molecule has 0 spiro atoms. The molecule has 1 fully saturated rings. The van der Waals surface area contributed by atoms with Gasteiger partial charge in [-0.1, -0.05) is 24.3 Å². The molecule has 1 aliphatic heterocycles. The topological polar surface area (TPSA) is 58.6 Å². The molecular formula is C23H23F3N4O2. The number of nitrogens with zero attached hydrogens (tertiary/aromatic N) is 4. The molecule has 1 amide bonds. The second-order valence-electron chi connectivity index (χ2n) is 7.60. The van der Waals surface area contributed by atoms with Crippen LogP contribution in [0, 0.1) is 0 Å². The fourth-order valence-corrected chi connectivity index (χ4v) is 3.77. The molecule has 3 aromatic rings. The summed E-state index contributed by atoms with van der Waals surface area (Å²) in [5.41, 5.74) is 0.652. The van der Waals surface area contributed by atoms with Crippen LogP contribution in [0.4, 0.5) is 19.0 Å². The molecule has 0 N–H and O–H groups in total. The van der Waals surface area contributed by atoms with Gasteiger partial charge >= 0.3 is 6.18 Å². The van der Waals surface area contributed by atoms with Gasteiger partial charge in [0.25, 0.3) is 0 Å². The number of carbonyl (C=O) groups excluding carboxylic acids is 1. The molecule has 32 heavy (non-hydrogen) atoms. The van der Waals surface area contributed by atoms with E-state index in [2.05, 4.69) is 9.97 Å². The number of aromatic nitrogens is 2. The third-order valence-electron chi connectivity index (χ3n) is 5.54. The van der Waals surface area contributed by atoms with Crippen molar-refractivity contribution >= 4 is 22.8 Å². The van der Waals surface area contributed by atoms with Gasteiger partial charge in [-0.15, -0.1) is 0 Å². The first-order chi connectivity index (χ1) is 15.3. The average molecular weight is 444 g/mol. The number of hydrogen-bond acceptors (Lipinski definition) is 5. The number of carbonyl (C=O) groups is 1. The molecule has 1 saturated heterocycles. The molecule has 4 rings (SSSR count). The van der Waals surface area contributed by atoms with Crippen molar-refractivity contribution < 1.29 is 22.7 Å². The lowest BCUT2D eigenvalue weighted by molar-refractivity contribution is -0.140. The van der Waals surface area contributed by atoms with E-state index in [0.717, 1.165) is 11.3 Å². The highest BCUT2D eigenvalue weighted by Crippen LogP contribution is 2.35. The standard InChI is InChI=1S/C23H23F3N4O2/c1-32-17-9-6-16(7-10-17)8-11-20(31)29-12-14-30(15-13-29)22-21(23(24,25)26)27-18-4-2-3-5-19(18)28-22/h2-7,9-10H,8,11-15H2,1H3. The van der Waals surface area contributed by atoms with E-state index in [9.17, 15) is 18.0 Å². The summed E-state index contributed by atoms with van der Waals surface area (Å²) in [5.74, 6) is 0.564. The van der Waals surface area contributed by atoms with Crippen molar-refractivity contribution in [2.24, 2.45) is 0 Å². The minimum Gasteiger partial charge on any atom is -0.497 e. The van der Waals surface area contributed by atoms with Gasteiger partial charge in [-0.2, -0.15) is 13.2 Å². The van der Waals surface area contributed by atoms with Crippen molar-refractivity contribution in [3.8, 4) is 5.75 Å². The maximum absolute atomic E-state index is 13.6. The molecule has 0 unspecified atom stereocenters. The first-order valence-electron chi connectivity index (χ1n) is 10.3. The van der Waals surface area contributed by atoms with Crippen molar-refractivity contribution in [1.82, 2.24) is 14.9 Å². The van der Waals surface area contributed by atoms with Crippen molar-refractivity contribution in [3.05, 3.63) is 59.8 Å². The van der Waals surface area contributed by atoms with Crippen LogP contribution in [-0.2, 0) is 17.4 Å². The number of rotatable bonds is 5. The summed E-state index contributed by atoms with van der Waals surface area (Å²) in [6.45, 7) is 1.22. The zero-order valence-corrected chi connectivity index (χ0v) is 17.6. The van der Waals surface area contributed by atoms with E-state index >= 15 is 0 Å². The van der Waals surface area contributed by atoms with Crippen molar-refractivity contribution in [3.63, 3.8) is 0 Å². The Labute approximate surface area is 183 Å². The van der Waals surface area contributed by atoms with Crippen LogP contribution < -0.4 is 9.64 Å². The van der Waals surface area contributed by atoms with Gasteiger partial charge in [0.15, 0.2) is 11.5 Å². The zero-order valence-electron chi connectivity index (χ0n) is 17.6. The maximum Gasteiger partial charge on any atom is 0.437 e. The summed E-state index contributed by atoms with van der Waals surface area (Å²) in [6, 6.07) is 14.0. The third kappa shape index (κ3) is 4.76. The molecule has 168 valence electrons. The normalized spacial score (nSPS) is 14.6. The van der Waals surface area contributed by atoms with Crippen molar-refractivity contribution in [1.29, 1.82) is 0 Å². The Morgan fingerprint density at radius 1 is 0.969 bits per heavy atom. The summed E-state index contributed by atoms with van der Waals surface area (Å²) < 4.78 is 46.1. The second kappa shape index (κ2) is 9.02. The quantitative estimate of drug-likeness (QED) is 0.597. The van der Waals surface area contributed by atoms with Crippen LogP contribution in [0.1, 0.15) is 17.7 Å². The van der Waals surface area contributed by atoms with Crippen LogP contribution in [0.3, 0.4) is 0 Å². The predicted molar refractivity (Wildman–Crippen MR) is 115 cm³/mol. The van der Waals surface area contributed by atoms with Gasteiger partial charge in [0, 0.05) is 32.6 Å². The summed E-state index contributed by atoms with van der Waals surface area (Å²) in [5, 5.41) is 0. The lowest BCUT2D eigenvalue weighted by atomic mass is 10.1. The number of fused-ring (bicyclic) bond motifs is 1. The van der Waals surface area contributed by atoms with Gasteiger partial charge in [-0.3, -0.25) is 4.79 Å². The molecule has 0 saturated carbocycles. The molecule has 6 nitrogen and oxygen atoms in total. The Balaban J connectivity index is 1.41. The van der Waals surface area contributed by atoms with Crippen LogP contribution in [0.2, 0.25) is 0 Å². The van der Waals surface area contributed by atoms with Gasteiger partial charge in [-0.25, -0.2) is 9.97 Å². The number of benzene rings is 2. The molecule has 0 atom stereocenters. The SMILES string of the molecule is COc1ccc(CCC(=O)N2CCN(c3nc4ccccc4nc3C(F)(F)F)CC2)cc1. The van der Waals surface area contributed by atoms with E-state index in [4.69, 9.17) is 4.74 Å². The summed E-state index contributed by atoms with van der Waals surface area (Å²) in [7, 11) is 1.60. The van der Waals surface area contributed by atoms with Crippen molar-refractivity contribution in [2.45, 2.75) is 19.0 Å². The molecule has 2 heterocycles. The summed E-state index contributed by atoms with van der Waals surface area (Å²) in [6.07, 6.45) is -3.68. The summed E-state index contributed by atoms with van der Waals surface area (Å²) in [4.78, 5) is 24.0. The first kappa shape index (κ1) is 21.9. The van der Waals surface area contributed by atoms with Gasteiger partial charge in [0.05, 0.1) is 18.1 Å². The number of hydrogen-bond donors (Lipinski definition) is 0. The number of ether oxygens (including phenoxy) is 1. The van der Waals surface area contributed by atoms with Crippen LogP contribution in [-0.4, -0.2) is 54.1 Å². The Hall–Kier alpha value is -3.36. The average Bonchev–Trinajstić information content (AvgIpc) is 2.81. The molecule has 1 aliphatic rings. The Kier molecular flexibility index (Phi) is 6.16. The van der Waals surface area contributed by atoms with Gasteiger partial charge in [-0.05, 0) is 36.2 Å². The molecule has 1 aromatic heterocycles. The lowest BCUT2D eigenvalue weighted by Crippen LogP contribution is -2.49. The van der Waals surface area contributed by atoms with E-state index in [-0.39, 0.29) is 30.3 Å². The lowest BCUT2D eigenvalue weighted by Gasteiger charge is -2.36. The largest absolute Gasteiger partial charge is 0.497 e. The van der Waals surface area contributed by atoms with E-state index < -0.39 is 11.9 Å². The molecular weight excluding hydrogens is 421 g/mol. The number of amides is 1. The minimum absolute atomic E-state index is 0.0129. The molecule has 9 heteroatoms. The number of methoxy groups -OCH3 is 1. The van der Waals surface area contributed by atoms with Crippen LogP contribution in [0.15, 0.2) is 48.5 Å². The van der Waals surface area contributed by atoms with E-state index in [1.54, 1.807) is 35.1 Å². The number of para-hydroxylation sites is 2. The fourth-order valence-electron chi connectivity index (χ4n) is 3.77. The number of aryl methyl sites for hydroxylation is 1. The Morgan fingerprint density at radius 2 is 1.59 bits per heavy atom. The molecule has 0 bridgehead atoms. The predicted octanol–water partition coefficient (Wildman–Crippen LogP) is 3.94. The highest BCUT2D eigenvalue weighted by molar-refractivity contribution is 5.78. The number of anilines is 1. The van der Waals surface area contributed by atoms with Crippen molar-refractivity contribution in [2.75, 3.05) is 38.2 Å². The molecule has 0 radical (unpaired) electrons. The van der Waals surface area contributed by atoms with Gasteiger partial charge < -0.3 is 14.5 Å². The number of piperazine rings is 1. The summed E-state index contributed by atoms with van der Waals surface area (Å²) >= 11 is 0. The van der Waals surface area contributed by atoms with Crippen LogP contribution in [0.5, 0.6) is 5.75 Å². The highest BCUT2D eigenvalue weighted by Gasteiger charge is 2.39. The van der Waals surface area contributed by atoms with Crippen LogP contribution in [0.25, 0.3) is 11.0 Å².